The van der Waals surface area contributed by atoms with E-state index in [1.165, 1.54) is 0 Å². The lowest BCUT2D eigenvalue weighted by Crippen LogP contribution is -2.45. The zero-order valence-corrected chi connectivity index (χ0v) is 11.6. The molecule has 0 heterocycles. The van der Waals surface area contributed by atoms with Gasteiger partial charge in [0.1, 0.15) is 6.61 Å². The molecular formula is C13H22F3NO3. The van der Waals surface area contributed by atoms with Gasteiger partial charge < -0.3 is 15.2 Å². The topological polar surface area (TPSA) is 58.6 Å². The van der Waals surface area contributed by atoms with E-state index < -0.39 is 24.3 Å². The maximum atomic E-state index is 11.8. The number of ether oxygens (including phenoxy) is 1. The zero-order valence-electron chi connectivity index (χ0n) is 11.6. The van der Waals surface area contributed by atoms with E-state index in [1.807, 2.05) is 0 Å². The van der Waals surface area contributed by atoms with Gasteiger partial charge in [-0.25, -0.2) is 0 Å². The Morgan fingerprint density at radius 2 is 2.20 bits per heavy atom. The zero-order chi connectivity index (χ0) is 15.2. The number of hydrogen-bond acceptors (Lipinski definition) is 3. The largest absolute Gasteiger partial charge is 0.411 e. The van der Waals surface area contributed by atoms with Gasteiger partial charge in [-0.1, -0.05) is 19.8 Å². The Morgan fingerprint density at radius 1 is 1.50 bits per heavy atom. The van der Waals surface area contributed by atoms with E-state index in [2.05, 4.69) is 17.0 Å². The highest BCUT2D eigenvalue weighted by Crippen LogP contribution is 2.31. The van der Waals surface area contributed by atoms with E-state index in [0.717, 1.165) is 12.8 Å². The first kappa shape index (κ1) is 17.2. The van der Waals surface area contributed by atoms with E-state index in [-0.39, 0.29) is 19.6 Å². The number of amides is 1. The minimum atomic E-state index is -4.37. The highest BCUT2D eigenvalue weighted by Gasteiger charge is 2.32. The first-order valence-electron chi connectivity index (χ1n) is 6.84. The highest BCUT2D eigenvalue weighted by atomic mass is 19.4. The summed E-state index contributed by atoms with van der Waals surface area (Å²) < 4.78 is 39.8. The second-order valence-corrected chi connectivity index (χ2v) is 5.62. The van der Waals surface area contributed by atoms with E-state index in [0.29, 0.717) is 18.8 Å². The second kappa shape index (κ2) is 7.26. The molecule has 2 N–H and O–H groups in total. The van der Waals surface area contributed by atoms with Crippen molar-refractivity contribution in [3.63, 3.8) is 0 Å². The SMILES string of the molecule is CC1CCCC(O)(CNC(=O)CCOCC(F)(F)F)C1. The molecule has 2 atom stereocenters. The van der Waals surface area contributed by atoms with Crippen LogP contribution in [0.2, 0.25) is 0 Å². The number of alkyl halides is 3. The normalized spacial score (nSPS) is 27.4. The molecule has 0 aromatic carbocycles. The molecule has 0 aromatic rings. The molecule has 0 spiro atoms. The molecule has 2 unspecified atom stereocenters. The Kier molecular flexibility index (Phi) is 6.26. The number of rotatable bonds is 6. The first-order chi connectivity index (χ1) is 9.20. The molecule has 20 heavy (non-hydrogen) atoms. The summed E-state index contributed by atoms with van der Waals surface area (Å²) in [5.41, 5.74) is -0.889. The molecule has 0 saturated heterocycles. The summed E-state index contributed by atoms with van der Waals surface area (Å²) in [6.45, 7) is 0.578. The van der Waals surface area contributed by atoms with Crippen LogP contribution in [0.3, 0.4) is 0 Å². The van der Waals surface area contributed by atoms with E-state index >= 15 is 0 Å². The Hall–Kier alpha value is -0.820. The van der Waals surface area contributed by atoms with Gasteiger partial charge in [-0.3, -0.25) is 4.79 Å². The third kappa shape index (κ3) is 7.09. The Balaban J connectivity index is 2.16. The minimum Gasteiger partial charge on any atom is -0.388 e. The smallest absolute Gasteiger partial charge is 0.388 e. The average Bonchev–Trinajstić information content (AvgIpc) is 2.31. The first-order valence-corrected chi connectivity index (χ1v) is 6.84. The van der Waals surface area contributed by atoms with Crippen LogP contribution in [0.25, 0.3) is 0 Å². The van der Waals surface area contributed by atoms with Crippen LogP contribution in [0.1, 0.15) is 39.0 Å². The molecule has 7 heteroatoms. The summed E-state index contributed by atoms with van der Waals surface area (Å²) in [7, 11) is 0. The number of carbonyl (C=O) groups is 1. The van der Waals surface area contributed by atoms with Gasteiger partial charge in [0.05, 0.1) is 12.2 Å². The number of hydrogen-bond donors (Lipinski definition) is 2. The molecule has 1 amide bonds. The van der Waals surface area contributed by atoms with Crippen LogP contribution in [-0.4, -0.2) is 42.5 Å². The highest BCUT2D eigenvalue weighted by molar-refractivity contribution is 5.76. The second-order valence-electron chi connectivity index (χ2n) is 5.62. The molecule has 1 aliphatic rings. The van der Waals surface area contributed by atoms with Crippen LogP contribution in [0, 0.1) is 5.92 Å². The number of halogens is 3. The van der Waals surface area contributed by atoms with Crippen molar-refractivity contribution >= 4 is 5.91 Å². The predicted molar refractivity (Wildman–Crippen MR) is 67.1 cm³/mol. The fourth-order valence-corrected chi connectivity index (χ4v) is 2.50. The van der Waals surface area contributed by atoms with Crippen LogP contribution >= 0.6 is 0 Å². The summed E-state index contributed by atoms with van der Waals surface area (Å²) in [5.74, 6) is 0.0135. The standard InChI is InChI=1S/C13H22F3NO3/c1-10-3-2-5-12(19,7-10)8-17-11(18)4-6-20-9-13(14,15)16/h10,19H,2-9H2,1H3,(H,17,18). The Bertz CT molecular complexity index is 322. The lowest BCUT2D eigenvalue weighted by atomic mass is 9.79. The lowest BCUT2D eigenvalue weighted by molar-refractivity contribution is -0.174. The summed E-state index contributed by atoms with van der Waals surface area (Å²) in [6, 6.07) is 0. The maximum Gasteiger partial charge on any atom is 0.411 e. The minimum absolute atomic E-state index is 0.137. The summed E-state index contributed by atoms with van der Waals surface area (Å²) in [4.78, 5) is 11.5. The van der Waals surface area contributed by atoms with E-state index in [4.69, 9.17) is 0 Å². The molecule has 118 valence electrons. The van der Waals surface area contributed by atoms with Crippen molar-refractivity contribution < 1.29 is 27.8 Å². The van der Waals surface area contributed by atoms with Gasteiger partial charge in [-0.15, -0.1) is 0 Å². The van der Waals surface area contributed by atoms with Gasteiger partial charge in [0, 0.05) is 13.0 Å². The molecule has 1 fully saturated rings. The summed E-state index contributed by atoms with van der Waals surface area (Å²) in [6.07, 6.45) is -1.24. The Morgan fingerprint density at radius 3 is 2.80 bits per heavy atom. The fourth-order valence-electron chi connectivity index (χ4n) is 2.50. The van der Waals surface area contributed by atoms with Gasteiger partial charge in [-0.2, -0.15) is 13.2 Å². The molecule has 1 rings (SSSR count). The summed E-state index contributed by atoms with van der Waals surface area (Å²) >= 11 is 0. The quantitative estimate of drug-likeness (QED) is 0.737. The van der Waals surface area contributed by atoms with Crippen molar-refractivity contribution in [3.05, 3.63) is 0 Å². The van der Waals surface area contributed by atoms with Crippen molar-refractivity contribution in [1.29, 1.82) is 0 Å². The Labute approximate surface area is 116 Å². The van der Waals surface area contributed by atoms with Crippen LogP contribution in [-0.2, 0) is 9.53 Å². The van der Waals surface area contributed by atoms with E-state index in [1.54, 1.807) is 0 Å². The van der Waals surface area contributed by atoms with Crippen molar-refractivity contribution in [2.75, 3.05) is 19.8 Å². The molecule has 1 saturated carbocycles. The van der Waals surface area contributed by atoms with Gasteiger partial charge in [0.15, 0.2) is 0 Å². The van der Waals surface area contributed by atoms with Gasteiger partial charge in [0.2, 0.25) is 5.91 Å². The van der Waals surface area contributed by atoms with Gasteiger partial charge in [0.25, 0.3) is 0 Å². The predicted octanol–water partition coefficient (Wildman–Crippen LogP) is 2.01. The molecule has 0 aliphatic heterocycles. The molecule has 0 bridgehead atoms. The monoisotopic (exact) mass is 297 g/mol. The molecule has 0 radical (unpaired) electrons. The van der Waals surface area contributed by atoms with Crippen LogP contribution in [0.5, 0.6) is 0 Å². The lowest BCUT2D eigenvalue weighted by Gasteiger charge is -2.35. The fraction of sp³-hybridized carbons (Fsp3) is 0.923. The van der Waals surface area contributed by atoms with Crippen LogP contribution in [0.4, 0.5) is 13.2 Å². The third-order valence-electron chi connectivity index (χ3n) is 3.42. The van der Waals surface area contributed by atoms with Gasteiger partial charge in [-0.05, 0) is 18.8 Å². The molecule has 4 nitrogen and oxygen atoms in total. The van der Waals surface area contributed by atoms with E-state index in [9.17, 15) is 23.1 Å². The number of aliphatic hydroxyl groups is 1. The number of carbonyl (C=O) groups excluding carboxylic acids is 1. The molecule has 1 aliphatic carbocycles. The number of nitrogens with one attached hydrogen (secondary N) is 1. The van der Waals surface area contributed by atoms with Gasteiger partial charge >= 0.3 is 6.18 Å². The van der Waals surface area contributed by atoms with Crippen molar-refractivity contribution in [2.24, 2.45) is 5.92 Å². The van der Waals surface area contributed by atoms with Crippen molar-refractivity contribution in [3.8, 4) is 0 Å². The van der Waals surface area contributed by atoms with Crippen LogP contribution in [0.15, 0.2) is 0 Å². The molecule has 0 aromatic heterocycles. The summed E-state index contributed by atoms with van der Waals surface area (Å²) in [5, 5.41) is 12.8. The average molecular weight is 297 g/mol. The van der Waals surface area contributed by atoms with Crippen molar-refractivity contribution in [2.45, 2.75) is 50.8 Å². The van der Waals surface area contributed by atoms with Crippen LogP contribution < -0.4 is 5.32 Å². The van der Waals surface area contributed by atoms with Crippen molar-refractivity contribution in [1.82, 2.24) is 5.32 Å². The maximum absolute atomic E-state index is 11.8. The third-order valence-corrected chi connectivity index (χ3v) is 3.42. The molecular weight excluding hydrogens is 275 g/mol.